The summed E-state index contributed by atoms with van der Waals surface area (Å²) in [5.74, 6) is 0.498. The van der Waals surface area contributed by atoms with Crippen LogP contribution in [-0.2, 0) is 21.1 Å². The number of fused-ring (bicyclic) bond motifs is 5. The fraction of sp³-hybridized carbons (Fsp3) is 0.481. The number of halogens is 1. The van der Waals surface area contributed by atoms with E-state index in [2.05, 4.69) is 18.0 Å². The molecule has 1 aromatic carbocycles. The third-order valence-corrected chi connectivity index (χ3v) is 10.5. The number of pyridine rings is 1. The summed E-state index contributed by atoms with van der Waals surface area (Å²) in [6.45, 7) is 2.40. The van der Waals surface area contributed by atoms with E-state index in [1.54, 1.807) is 12.3 Å². The van der Waals surface area contributed by atoms with Crippen molar-refractivity contribution in [3.8, 4) is 0 Å². The van der Waals surface area contributed by atoms with Crippen molar-refractivity contribution in [3.63, 3.8) is 0 Å². The van der Waals surface area contributed by atoms with Crippen molar-refractivity contribution in [1.82, 2.24) is 4.98 Å². The molecule has 7 heteroatoms. The molecule has 1 aromatic heterocycles. The lowest BCUT2D eigenvalue weighted by Gasteiger charge is -2.50. The van der Waals surface area contributed by atoms with E-state index in [-0.39, 0.29) is 24.0 Å². The highest BCUT2D eigenvalue weighted by molar-refractivity contribution is 7.91. The molecular weight excluding hydrogens is 470 g/mol. The molecule has 1 saturated carbocycles. The summed E-state index contributed by atoms with van der Waals surface area (Å²) in [6.07, 6.45) is 11.2. The van der Waals surface area contributed by atoms with Gasteiger partial charge in [0.2, 0.25) is 0 Å². The van der Waals surface area contributed by atoms with Gasteiger partial charge in [-0.15, -0.1) is 0 Å². The zero-order chi connectivity index (χ0) is 24.1. The summed E-state index contributed by atoms with van der Waals surface area (Å²) in [5.41, 5.74) is 5.07. The molecule has 5 nitrogen and oxygen atoms in total. The molecular formula is C27H30ClNO4S. The highest BCUT2D eigenvalue weighted by Gasteiger charge is 2.52. The number of carboxylic acid groups (broad SMARTS) is 1. The van der Waals surface area contributed by atoms with Crippen LogP contribution < -0.4 is 0 Å². The van der Waals surface area contributed by atoms with Gasteiger partial charge in [0.25, 0.3) is 0 Å². The zero-order valence-electron chi connectivity index (χ0n) is 19.3. The summed E-state index contributed by atoms with van der Waals surface area (Å²) in [5, 5.41) is 9.48. The summed E-state index contributed by atoms with van der Waals surface area (Å²) in [4.78, 5) is 15.4. The van der Waals surface area contributed by atoms with E-state index in [1.807, 2.05) is 24.4 Å². The number of aliphatic carboxylic acids is 1. The maximum absolute atomic E-state index is 12.8. The van der Waals surface area contributed by atoms with Gasteiger partial charge >= 0.3 is 5.97 Å². The van der Waals surface area contributed by atoms with Crippen molar-refractivity contribution >= 4 is 33.0 Å². The normalized spacial score (nSPS) is 27.9. The molecule has 0 unspecified atom stereocenters. The largest absolute Gasteiger partial charge is 0.481 e. The predicted octanol–water partition coefficient (Wildman–Crippen LogP) is 5.92. The Morgan fingerprint density at radius 1 is 1.24 bits per heavy atom. The molecule has 0 bridgehead atoms. The summed E-state index contributed by atoms with van der Waals surface area (Å²) < 4.78 is 25.5. The molecule has 0 aliphatic heterocycles. The number of nitrogens with zero attached hydrogens (tertiary/aromatic N) is 1. The Balaban J connectivity index is 1.37. The Bertz CT molecular complexity index is 1270. The average Bonchev–Trinajstić information content (AvgIpc) is 3.15. The number of hydrogen-bond donors (Lipinski definition) is 1. The molecule has 3 aliphatic rings. The van der Waals surface area contributed by atoms with Crippen LogP contribution >= 0.6 is 11.6 Å². The van der Waals surface area contributed by atoms with Crippen molar-refractivity contribution in [1.29, 1.82) is 0 Å². The number of rotatable bonds is 6. The Kier molecular flexibility index (Phi) is 6.09. The summed E-state index contributed by atoms with van der Waals surface area (Å²) in [7, 11) is -3.47. The average molecular weight is 500 g/mol. The maximum Gasteiger partial charge on any atom is 0.303 e. The van der Waals surface area contributed by atoms with Crippen LogP contribution in [0.2, 0.25) is 5.02 Å². The number of carbonyl (C=O) groups is 1. The first-order chi connectivity index (χ1) is 16.2. The van der Waals surface area contributed by atoms with E-state index in [9.17, 15) is 13.2 Å². The van der Waals surface area contributed by atoms with Crippen LogP contribution in [0.5, 0.6) is 0 Å². The molecule has 4 atom stereocenters. The number of sulfone groups is 1. The first-order valence-electron chi connectivity index (χ1n) is 12.1. The lowest BCUT2D eigenvalue weighted by atomic mass is 9.54. The molecule has 0 amide bonds. The van der Waals surface area contributed by atoms with E-state index in [0.717, 1.165) is 43.2 Å². The van der Waals surface area contributed by atoms with Gasteiger partial charge < -0.3 is 5.11 Å². The number of allylic oxidation sites excluding steroid dienone is 2. The quantitative estimate of drug-likeness (QED) is 0.533. The molecule has 0 radical (unpaired) electrons. The zero-order valence-corrected chi connectivity index (χ0v) is 20.9. The monoisotopic (exact) mass is 499 g/mol. The van der Waals surface area contributed by atoms with Crippen molar-refractivity contribution < 1.29 is 18.3 Å². The van der Waals surface area contributed by atoms with Crippen molar-refractivity contribution in [2.75, 3.05) is 5.75 Å². The van der Waals surface area contributed by atoms with Gasteiger partial charge in [-0.1, -0.05) is 30.7 Å². The second-order valence-electron chi connectivity index (χ2n) is 10.3. The number of hydrogen-bond acceptors (Lipinski definition) is 4. The van der Waals surface area contributed by atoms with Crippen LogP contribution in [0.4, 0.5) is 0 Å². The summed E-state index contributed by atoms with van der Waals surface area (Å²) >= 11 is 6.24. The van der Waals surface area contributed by atoms with E-state index < -0.39 is 15.8 Å². The van der Waals surface area contributed by atoms with Crippen LogP contribution in [0.15, 0.2) is 47.6 Å². The van der Waals surface area contributed by atoms with E-state index in [1.165, 1.54) is 11.1 Å². The molecule has 2 aromatic rings. The van der Waals surface area contributed by atoms with Gasteiger partial charge in [-0.3, -0.25) is 9.78 Å². The SMILES string of the molecule is C[C@]12CC[C@@H]3c4ccc(S(=O)(=O)CCCC(=O)O)cc4CC[C@H]3[C@@H]1CC=C2c1cncc(Cl)c1. The highest BCUT2D eigenvalue weighted by atomic mass is 35.5. The Morgan fingerprint density at radius 2 is 2.06 bits per heavy atom. The maximum atomic E-state index is 12.8. The number of aryl methyl sites for hydroxylation is 1. The molecule has 1 N–H and O–H groups in total. The van der Waals surface area contributed by atoms with Crippen LogP contribution in [-0.4, -0.2) is 30.2 Å². The van der Waals surface area contributed by atoms with E-state index >= 15 is 0 Å². The third-order valence-electron chi connectivity index (χ3n) is 8.46. The number of benzene rings is 1. The minimum Gasteiger partial charge on any atom is -0.481 e. The Hall–Kier alpha value is -2.18. The smallest absolute Gasteiger partial charge is 0.303 e. The van der Waals surface area contributed by atoms with Gasteiger partial charge in [-0.2, -0.15) is 0 Å². The number of carboxylic acids is 1. The summed E-state index contributed by atoms with van der Waals surface area (Å²) in [6, 6.07) is 7.64. The van der Waals surface area contributed by atoms with Crippen molar-refractivity contribution in [2.24, 2.45) is 17.3 Å². The van der Waals surface area contributed by atoms with E-state index in [0.29, 0.717) is 27.7 Å². The second kappa shape index (κ2) is 8.80. The Morgan fingerprint density at radius 3 is 2.82 bits per heavy atom. The number of aromatic nitrogens is 1. The standard InChI is InChI=1S/C27H30ClNO4S/c1-27-11-10-22-21-7-5-20(34(32,33)12-2-3-26(30)31)14-17(21)4-6-23(22)25(27)9-8-24(27)18-13-19(28)16-29-15-18/h5,7-8,13-16,22-23,25H,2-4,6,9-12H2,1H3,(H,30,31)/t22-,23-,25+,27-/m1/s1. The second-order valence-corrected chi connectivity index (χ2v) is 12.8. The molecule has 3 aliphatic carbocycles. The van der Waals surface area contributed by atoms with Gasteiger partial charge in [0.05, 0.1) is 15.7 Å². The minimum absolute atomic E-state index is 0.110. The van der Waals surface area contributed by atoms with Gasteiger partial charge in [0, 0.05) is 18.8 Å². The lowest BCUT2D eigenvalue weighted by Crippen LogP contribution is -2.41. The van der Waals surface area contributed by atoms with Gasteiger partial charge in [0.1, 0.15) is 0 Å². The van der Waals surface area contributed by atoms with Crippen LogP contribution in [0.1, 0.15) is 68.1 Å². The first-order valence-corrected chi connectivity index (χ1v) is 14.1. The molecule has 0 spiro atoms. The molecule has 180 valence electrons. The fourth-order valence-corrected chi connectivity index (χ4v) is 8.39. The van der Waals surface area contributed by atoms with Crippen LogP contribution in [0.3, 0.4) is 0 Å². The van der Waals surface area contributed by atoms with Gasteiger partial charge in [0.15, 0.2) is 9.84 Å². The van der Waals surface area contributed by atoms with Crippen molar-refractivity contribution in [3.05, 3.63) is 64.4 Å². The molecule has 0 saturated heterocycles. The molecule has 5 rings (SSSR count). The predicted molar refractivity (Wildman–Crippen MR) is 133 cm³/mol. The third kappa shape index (κ3) is 4.09. The molecule has 1 fully saturated rings. The first kappa shape index (κ1) is 23.6. The molecule has 1 heterocycles. The van der Waals surface area contributed by atoms with E-state index in [4.69, 9.17) is 16.7 Å². The lowest BCUT2D eigenvalue weighted by molar-refractivity contribution is -0.137. The van der Waals surface area contributed by atoms with Gasteiger partial charge in [-0.05, 0) is 102 Å². The topological polar surface area (TPSA) is 84.3 Å². The fourth-order valence-electron chi connectivity index (χ4n) is 6.86. The Labute approximate surface area is 206 Å². The van der Waals surface area contributed by atoms with Crippen molar-refractivity contribution in [2.45, 2.75) is 62.7 Å². The van der Waals surface area contributed by atoms with Crippen LogP contribution in [0.25, 0.3) is 5.57 Å². The van der Waals surface area contributed by atoms with Gasteiger partial charge in [-0.25, -0.2) is 8.42 Å². The molecule has 34 heavy (non-hydrogen) atoms. The minimum atomic E-state index is -3.47. The van der Waals surface area contributed by atoms with Crippen LogP contribution in [0, 0.1) is 17.3 Å². The highest BCUT2D eigenvalue weighted by Crippen LogP contribution is 2.63.